The Morgan fingerprint density at radius 3 is 2.76 bits per heavy atom. The van der Waals surface area contributed by atoms with Gasteiger partial charge in [-0.2, -0.15) is 4.39 Å². The third kappa shape index (κ3) is 1.75. The summed E-state index contributed by atoms with van der Waals surface area (Å²) >= 11 is 0. The van der Waals surface area contributed by atoms with Gasteiger partial charge in [0, 0.05) is 4.91 Å². The van der Waals surface area contributed by atoms with Crippen molar-refractivity contribution in [2.24, 2.45) is 5.11 Å². The van der Waals surface area contributed by atoms with Crippen molar-refractivity contribution in [2.45, 2.75) is 0 Å². The molecule has 0 atom stereocenters. The predicted octanol–water partition coefficient (Wildman–Crippen LogP) is 3.83. The minimum atomic E-state index is -1.02. The van der Waals surface area contributed by atoms with E-state index in [1.165, 1.54) is 6.07 Å². The smallest absolute Gasteiger partial charge is 0.258 e. The molecule has 0 saturated heterocycles. The van der Waals surface area contributed by atoms with E-state index in [0.717, 1.165) is 6.07 Å². The number of rotatable bonds is 2. The topological polar surface area (TPSA) is 91.9 Å². The number of nitrogens with zero attached hydrogens (tertiary/aromatic N) is 4. The zero-order valence-corrected chi connectivity index (χ0v) is 8.37. The predicted molar refractivity (Wildman–Crippen MR) is 59.4 cm³/mol. The Hall–Kier alpha value is -2.66. The van der Waals surface area contributed by atoms with Crippen LogP contribution in [0.4, 0.5) is 15.8 Å². The van der Waals surface area contributed by atoms with Crippen molar-refractivity contribution in [3.63, 3.8) is 0 Å². The van der Waals surface area contributed by atoms with E-state index in [1.807, 2.05) is 0 Å². The SMILES string of the molecule is [N-]=[N+]=Nc1c([N+](=O)[O-])c(F)cc2ccccc12. The molecular formula is C10H5FN4O2. The number of nitro groups is 1. The van der Waals surface area contributed by atoms with Gasteiger partial charge in [-0.25, -0.2) is 0 Å². The third-order valence-corrected chi connectivity index (χ3v) is 2.28. The monoisotopic (exact) mass is 232 g/mol. The maximum Gasteiger partial charge on any atom is 0.315 e. The van der Waals surface area contributed by atoms with Gasteiger partial charge in [0.25, 0.3) is 0 Å². The summed E-state index contributed by atoms with van der Waals surface area (Å²) in [6, 6.07) is 7.45. The highest BCUT2D eigenvalue weighted by Gasteiger charge is 2.22. The molecule has 0 aromatic heterocycles. The van der Waals surface area contributed by atoms with Crippen LogP contribution in [0.25, 0.3) is 21.2 Å². The van der Waals surface area contributed by atoms with Crippen molar-refractivity contribution in [1.29, 1.82) is 0 Å². The maximum atomic E-state index is 13.5. The standard InChI is InChI=1S/C10H5FN4O2/c11-8-5-6-3-1-2-4-7(6)9(13-14-12)10(8)15(16)17/h1-5H. The Labute approximate surface area is 94.1 Å². The van der Waals surface area contributed by atoms with Crippen LogP contribution in [0.3, 0.4) is 0 Å². The lowest BCUT2D eigenvalue weighted by atomic mass is 10.1. The van der Waals surface area contributed by atoms with E-state index in [2.05, 4.69) is 10.0 Å². The second kappa shape index (κ2) is 4.07. The summed E-state index contributed by atoms with van der Waals surface area (Å²) in [5.41, 5.74) is 7.29. The first kappa shape index (κ1) is 10.8. The average molecular weight is 232 g/mol. The van der Waals surface area contributed by atoms with Crippen LogP contribution in [-0.2, 0) is 0 Å². The highest BCUT2D eigenvalue weighted by Crippen LogP contribution is 2.37. The lowest BCUT2D eigenvalue weighted by Crippen LogP contribution is -1.93. The minimum absolute atomic E-state index is 0.298. The molecule has 0 aliphatic rings. The summed E-state index contributed by atoms with van der Waals surface area (Å²) in [5.74, 6) is -1.02. The van der Waals surface area contributed by atoms with E-state index in [0.29, 0.717) is 10.8 Å². The second-order valence-corrected chi connectivity index (χ2v) is 3.22. The van der Waals surface area contributed by atoms with Crippen LogP contribution in [-0.4, -0.2) is 4.92 Å². The van der Waals surface area contributed by atoms with Gasteiger partial charge in [0.1, 0.15) is 5.69 Å². The van der Waals surface area contributed by atoms with Gasteiger partial charge in [0.05, 0.1) is 4.92 Å². The molecule has 17 heavy (non-hydrogen) atoms. The van der Waals surface area contributed by atoms with E-state index in [1.54, 1.807) is 18.2 Å². The van der Waals surface area contributed by atoms with E-state index in [-0.39, 0.29) is 5.69 Å². The van der Waals surface area contributed by atoms with Gasteiger partial charge in [-0.05, 0) is 22.4 Å². The quantitative estimate of drug-likeness (QED) is 0.259. The zero-order chi connectivity index (χ0) is 12.4. The summed E-state index contributed by atoms with van der Waals surface area (Å²) in [6.45, 7) is 0. The molecule has 0 unspecified atom stereocenters. The molecule has 0 N–H and O–H groups in total. The Morgan fingerprint density at radius 1 is 1.41 bits per heavy atom. The highest BCUT2D eigenvalue weighted by atomic mass is 19.1. The Kier molecular flexibility index (Phi) is 2.60. The van der Waals surface area contributed by atoms with Gasteiger partial charge in [-0.15, -0.1) is 0 Å². The van der Waals surface area contributed by atoms with Crippen molar-refractivity contribution >= 4 is 22.1 Å². The molecule has 0 radical (unpaired) electrons. The molecular weight excluding hydrogens is 227 g/mol. The van der Waals surface area contributed by atoms with E-state index >= 15 is 0 Å². The van der Waals surface area contributed by atoms with Crippen molar-refractivity contribution in [3.05, 3.63) is 56.7 Å². The fraction of sp³-hybridized carbons (Fsp3) is 0. The van der Waals surface area contributed by atoms with Gasteiger partial charge in [-0.1, -0.05) is 29.4 Å². The first-order valence-electron chi connectivity index (χ1n) is 4.56. The molecule has 6 nitrogen and oxygen atoms in total. The lowest BCUT2D eigenvalue weighted by molar-refractivity contribution is -0.386. The van der Waals surface area contributed by atoms with Crippen molar-refractivity contribution in [1.82, 2.24) is 0 Å². The number of fused-ring (bicyclic) bond motifs is 1. The van der Waals surface area contributed by atoms with Crippen LogP contribution in [0.15, 0.2) is 35.4 Å². The van der Waals surface area contributed by atoms with Crippen LogP contribution in [0.2, 0.25) is 0 Å². The van der Waals surface area contributed by atoms with Crippen LogP contribution < -0.4 is 0 Å². The number of benzene rings is 2. The van der Waals surface area contributed by atoms with Crippen LogP contribution >= 0.6 is 0 Å². The van der Waals surface area contributed by atoms with E-state index in [4.69, 9.17) is 5.53 Å². The first-order chi connectivity index (χ1) is 8.15. The van der Waals surface area contributed by atoms with Gasteiger partial charge in [0.2, 0.25) is 5.82 Å². The van der Waals surface area contributed by atoms with Crippen molar-refractivity contribution < 1.29 is 9.31 Å². The summed E-state index contributed by atoms with van der Waals surface area (Å²) in [5, 5.41) is 14.7. The average Bonchev–Trinajstić information content (AvgIpc) is 2.28. The molecule has 0 spiro atoms. The summed E-state index contributed by atoms with van der Waals surface area (Å²) in [7, 11) is 0. The lowest BCUT2D eigenvalue weighted by Gasteiger charge is -2.03. The number of nitro benzene ring substituents is 1. The Morgan fingerprint density at radius 2 is 2.12 bits per heavy atom. The van der Waals surface area contributed by atoms with Crippen LogP contribution in [0.1, 0.15) is 0 Å². The summed E-state index contributed by atoms with van der Waals surface area (Å²) in [4.78, 5) is 12.3. The first-order valence-corrected chi connectivity index (χ1v) is 4.56. The molecule has 84 valence electrons. The van der Waals surface area contributed by atoms with E-state index in [9.17, 15) is 14.5 Å². The fourth-order valence-corrected chi connectivity index (χ4v) is 1.60. The molecule has 0 amide bonds. The van der Waals surface area contributed by atoms with Crippen LogP contribution in [0.5, 0.6) is 0 Å². The number of azide groups is 1. The second-order valence-electron chi connectivity index (χ2n) is 3.22. The Bertz CT molecular complexity index is 665. The fourth-order valence-electron chi connectivity index (χ4n) is 1.60. The molecule has 0 fully saturated rings. The number of hydrogen-bond acceptors (Lipinski definition) is 3. The van der Waals surface area contributed by atoms with Gasteiger partial charge < -0.3 is 0 Å². The highest BCUT2D eigenvalue weighted by molar-refractivity contribution is 5.96. The normalized spacial score (nSPS) is 9.94. The molecule has 2 aromatic rings. The summed E-state index contributed by atoms with van der Waals surface area (Å²) < 4.78 is 13.5. The van der Waals surface area contributed by atoms with Crippen molar-refractivity contribution in [3.8, 4) is 0 Å². The third-order valence-electron chi connectivity index (χ3n) is 2.28. The van der Waals surface area contributed by atoms with Crippen LogP contribution in [0, 0.1) is 15.9 Å². The van der Waals surface area contributed by atoms with Gasteiger partial charge in [-0.3, -0.25) is 10.1 Å². The molecule has 2 rings (SSSR count). The molecule has 0 bridgehead atoms. The molecule has 2 aromatic carbocycles. The molecule has 0 aliphatic heterocycles. The van der Waals surface area contributed by atoms with Gasteiger partial charge in [0.15, 0.2) is 0 Å². The minimum Gasteiger partial charge on any atom is -0.258 e. The van der Waals surface area contributed by atoms with Gasteiger partial charge >= 0.3 is 5.69 Å². The van der Waals surface area contributed by atoms with E-state index < -0.39 is 16.4 Å². The Balaban J connectivity index is 2.98. The maximum absolute atomic E-state index is 13.5. The molecule has 7 heteroatoms. The molecule has 0 aliphatic carbocycles. The zero-order valence-electron chi connectivity index (χ0n) is 8.37. The molecule has 0 heterocycles. The largest absolute Gasteiger partial charge is 0.315 e. The van der Waals surface area contributed by atoms with Crippen molar-refractivity contribution in [2.75, 3.05) is 0 Å². The number of halogens is 1. The summed E-state index contributed by atoms with van der Waals surface area (Å²) in [6.07, 6.45) is 0. The number of hydrogen-bond donors (Lipinski definition) is 0. The molecule has 0 saturated carbocycles.